The molecule has 0 aliphatic rings. The Morgan fingerprint density at radius 2 is 0.814 bits per heavy atom. The van der Waals surface area contributed by atoms with Gasteiger partial charge in [0.2, 0.25) is 0 Å². The van der Waals surface area contributed by atoms with Crippen LogP contribution in [0.25, 0.3) is 22.3 Å². The van der Waals surface area contributed by atoms with Crippen molar-refractivity contribution in [2.45, 2.75) is 67.6 Å². The zero-order chi connectivity index (χ0) is 30.6. The van der Waals surface area contributed by atoms with Crippen molar-refractivity contribution < 1.29 is 27.2 Å². The fraction of sp³-hybridized carbons (Fsp3) is 0.257. The monoisotopic (exact) mass is 624 g/mol. The maximum atomic E-state index is 14.5. The van der Waals surface area contributed by atoms with Gasteiger partial charge in [0.1, 0.15) is 23.3 Å². The van der Waals surface area contributed by atoms with Gasteiger partial charge in [-0.3, -0.25) is 9.59 Å². The minimum Gasteiger partial charge on any atom is -0.287 e. The van der Waals surface area contributed by atoms with Crippen molar-refractivity contribution in [3.05, 3.63) is 108 Å². The first kappa shape index (κ1) is 32.6. The Labute approximate surface area is 258 Å². The molecule has 0 aromatic heterocycles. The summed E-state index contributed by atoms with van der Waals surface area (Å²) in [5.74, 6) is -1.66. The maximum absolute atomic E-state index is 14.5. The molecule has 224 valence electrons. The Hall–Kier alpha value is -3.36. The number of carbonyl (C=O) groups is 2. The van der Waals surface area contributed by atoms with Crippen LogP contribution in [-0.2, 0) is 9.59 Å². The Morgan fingerprint density at radius 1 is 0.465 bits per heavy atom. The Balaban J connectivity index is 1.05. The van der Waals surface area contributed by atoms with Crippen molar-refractivity contribution in [3.63, 3.8) is 0 Å². The minimum absolute atomic E-state index is 0.00470. The Bertz CT molecular complexity index is 1410. The van der Waals surface area contributed by atoms with Crippen LogP contribution in [0.4, 0.5) is 17.6 Å². The van der Waals surface area contributed by atoms with E-state index >= 15 is 0 Å². The van der Waals surface area contributed by atoms with Gasteiger partial charge in [-0.2, -0.15) is 0 Å². The van der Waals surface area contributed by atoms with E-state index in [1.165, 1.54) is 60.7 Å². The summed E-state index contributed by atoms with van der Waals surface area (Å²) in [7, 11) is 0. The number of unbranched alkanes of at least 4 members (excludes halogenated alkanes) is 6. The van der Waals surface area contributed by atoms with Crippen LogP contribution in [0.1, 0.15) is 57.8 Å². The fourth-order valence-corrected chi connectivity index (χ4v) is 6.25. The Kier molecular flexibility index (Phi) is 12.5. The summed E-state index contributed by atoms with van der Waals surface area (Å²) in [5, 5.41) is -0.00941. The molecule has 0 radical (unpaired) electrons. The van der Waals surface area contributed by atoms with E-state index in [0.29, 0.717) is 44.9 Å². The molecule has 0 atom stereocenters. The zero-order valence-electron chi connectivity index (χ0n) is 23.6. The van der Waals surface area contributed by atoms with Crippen LogP contribution < -0.4 is 0 Å². The smallest absolute Gasteiger partial charge is 0.193 e. The topological polar surface area (TPSA) is 34.1 Å². The second-order valence-electron chi connectivity index (χ2n) is 10.2. The van der Waals surface area contributed by atoms with E-state index in [4.69, 9.17) is 0 Å². The highest BCUT2D eigenvalue weighted by atomic mass is 32.2. The molecule has 0 spiro atoms. The summed E-state index contributed by atoms with van der Waals surface area (Å²) in [6.07, 6.45) is 7.27. The summed E-state index contributed by atoms with van der Waals surface area (Å²) in [5.41, 5.74) is 1.89. The van der Waals surface area contributed by atoms with Crippen LogP contribution in [0.5, 0.6) is 0 Å². The molecule has 4 rings (SSSR count). The molecular weight excluding hydrogens is 593 g/mol. The SMILES string of the molecule is O=C(CCCCCCCCCC(=O)Sc1ccc(-c2ccc(F)cc2)c(F)c1)Sc1ccc(-c2ccc(F)cc2)c(F)c1. The second kappa shape index (κ2) is 16.5. The number of rotatable bonds is 14. The third-order valence-corrected chi connectivity index (χ3v) is 8.76. The molecule has 0 saturated heterocycles. The fourth-order valence-electron chi connectivity index (χ4n) is 4.63. The highest BCUT2D eigenvalue weighted by Gasteiger charge is 2.12. The number of benzene rings is 4. The van der Waals surface area contributed by atoms with Crippen molar-refractivity contribution in [1.29, 1.82) is 0 Å². The van der Waals surface area contributed by atoms with E-state index in [9.17, 15) is 27.2 Å². The van der Waals surface area contributed by atoms with Gasteiger partial charge in [-0.05, 0) is 72.5 Å². The molecule has 0 aliphatic heterocycles. The van der Waals surface area contributed by atoms with Crippen molar-refractivity contribution in [2.24, 2.45) is 0 Å². The molecule has 0 N–H and O–H groups in total. The van der Waals surface area contributed by atoms with E-state index in [1.54, 1.807) is 24.3 Å². The first-order chi connectivity index (χ1) is 20.8. The lowest BCUT2D eigenvalue weighted by Crippen LogP contribution is -1.94. The molecule has 2 nitrogen and oxygen atoms in total. The normalized spacial score (nSPS) is 11.1. The Morgan fingerprint density at radius 3 is 1.16 bits per heavy atom. The van der Waals surface area contributed by atoms with Crippen molar-refractivity contribution in [2.75, 3.05) is 0 Å². The maximum Gasteiger partial charge on any atom is 0.193 e. The van der Waals surface area contributed by atoms with E-state index in [2.05, 4.69) is 0 Å². The highest BCUT2D eigenvalue weighted by Crippen LogP contribution is 2.30. The largest absolute Gasteiger partial charge is 0.287 e. The molecule has 0 heterocycles. The molecule has 0 bridgehead atoms. The number of carbonyl (C=O) groups excluding carboxylic acids is 2. The highest BCUT2D eigenvalue weighted by molar-refractivity contribution is 8.13. The quantitative estimate of drug-likeness (QED) is 0.0794. The average molecular weight is 625 g/mol. The van der Waals surface area contributed by atoms with Crippen LogP contribution in [0.2, 0.25) is 0 Å². The van der Waals surface area contributed by atoms with Gasteiger partial charge < -0.3 is 0 Å². The number of hydrogen-bond acceptors (Lipinski definition) is 4. The number of hydrogen-bond donors (Lipinski definition) is 0. The predicted molar refractivity (Wildman–Crippen MR) is 167 cm³/mol. The van der Waals surface area contributed by atoms with Crippen molar-refractivity contribution in [1.82, 2.24) is 0 Å². The van der Waals surface area contributed by atoms with Gasteiger partial charge in [0.05, 0.1) is 0 Å². The van der Waals surface area contributed by atoms with E-state index in [0.717, 1.165) is 68.5 Å². The molecule has 8 heteroatoms. The molecule has 0 amide bonds. The predicted octanol–water partition coefficient (Wildman–Crippen LogP) is 11.0. The molecule has 0 aliphatic carbocycles. The summed E-state index contributed by atoms with van der Waals surface area (Å²) < 4.78 is 55.3. The van der Waals surface area contributed by atoms with Gasteiger partial charge in [0.15, 0.2) is 10.2 Å². The van der Waals surface area contributed by atoms with E-state index in [-0.39, 0.29) is 21.9 Å². The van der Waals surface area contributed by atoms with E-state index < -0.39 is 11.6 Å². The van der Waals surface area contributed by atoms with Gasteiger partial charge in [-0.25, -0.2) is 17.6 Å². The summed E-state index contributed by atoms with van der Waals surface area (Å²) >= 11 is 2.07. The standard InChI is InChI=1S/C35H32F4O2S2/c36-26-14-10-24(11-15-26)30-20-18-28(22-32(30)38)42-34(40)8-6-4-2-1-3-5-7-9-35(41)43-29-19-21-31(33(39)23-29)25-12-16-27(37)17-13-25/h10-23H,1-9H2. The van der Waals surface area contributed by atoms with Gasteiger partial charge in [0.25, 0.3) is 0 Å². The molecule has 0 unspecified atom stereocenters. The van der Waals surface area contributed by atoms with Crippen LogP contribution in [0, 0.1) is 23.3 Å². The lowest BCUT2D eigenvalue weighted by atomic mass is 10.1. The van der Waals surface area contributed by atoms with Gasteiger partial charge in [-0.1, -0.05) is 92.0 Å². The van der Waals surface area contributed by atoms with E-state index in [1.807, 2.05) is 0 Å². The van der Waals surface area contributed by atoms with Gasteiger partial charge in [-0.15, -0.1) is 0 Å². The van der Waals surface area contributed by atoms with Crippen LogP contribution in [0.15, 0.2) is 94.7 Å². The zero-order valence-corrected chi connectivity index (χ0v) is 25.2. The molecular formula is C35H32F4O2S2. The molecule has 4 aromatic carbocycles. The third kappa shape index (κ3) is 10.4. The van der Waals surface area contributed by atoms with Crippen LogP contribution >= 0.6 is 23.5 Å². The summed E-state index contributed by atoms with van der Waals surface area (Å²) in [4.78, 5) is 25.8. The average Bonchev–Trinajstić information content (AvgIpc) is 2.98. The molecule has 0 fully saturated rings. The van der Waals surface area contributed by atoms with Gasteiger partial charge >= 0.3 is 0 Å². The van der Waals surface area contributed by atoms with Crippen molar-refractivity contribution in [3.8, 4) is 22.3 Å². The first-order valence-corrected chi connectivity index (χ1v) is 15.9. The number of halogens is 4. The molecule has 43 heavy (non-hydrogen) atoms. The molecule has 0 saturated carbocycles. The van der Waals surface area contributed by atoms with Crippen LogP contribution in [0.3, 0.4) is 0 Å². The van der Waals surface area contributed by atoms with Crippen molar-refractivity contribution >= 4 is 33.8 Å². The van der Waals surface area contributed by atoms with Gasteiger partial charge in [0, 0.05) is 33.8 Å². The number of thioether (sulfide) groups is 2. The molecule has 4 aromatic rings. The summed E-state index contributed by atoms with van der Waals surface area (Å²) in [6.45, 7) is 0. The lowest BCUT2D eigenvalue weighted by molar-refractivity contribution is -0.111. The van der Waals surface area contributed by atoms with Crippen LogP contribution in [-0.4, -0.2) is 10.2 Å². The first-order valence-electron chi connectivity index (χ1n) is 14.3. The minimum atomic E-state index is -0.448. The second-order valence-corrected chi connectivity index (χ2v) is 12.5. The lowest BCUT2D eigenvalue weighted by Gasteiger charge is -2.07. The third-order valence-electron chi connectivity index (χ3n) is 6.92. The summed E-state index contributed by atoms with van der Waals surface area (Å²) in [6, 6.07) is 20.5.